The van der Waals surface area contributed by atoms with E-state index in [2.05, 4.69) is 42.3 Å². The van der Waals surface area contributed by atoms with E-state index < -0.39 is 0 Å². The number of thioether (sulfide) groups is 1. The van der Waals surface area contributed by atoms with Crippen LogP contribution in [-0.4, -0.2) is 28.0 Å². The molecule has 17 heavy (non-hydrogen) atoms. The molecule has 1 unspecified atom stereocenters. The molecule has 0 aliphatic rings. The highest BCUT2D eigenvalue weighted by atomic mass is 32.2. The fourth-order valence-electron chi connectivity index (χ4n) is 1.64. The lowest BCUT2D eigenvalue weighted by atomic mass is 10.2. The summed E-state index contributed by atoms with van der Waals surface area (Å²) < 4.78 is 0. The van der Waals surface area contributed by atoms with E-state index in [9.17, 15) is 0 Å². The minimum Gasteiger partial charge on any atom is -0.368 e. The first-order valence-electron chi connectivity index (χ1n) is 5.60. The molecule has 92 valence electrons. The summed E-state index contributed by atoms with van der Waals surface area (Å²) in [4.78, 5) is 11.1. The zero-order valence-electron chi connectivity index (χ0n) is 10.6. The molecule has 2 aromatic rings. The third-order valence-electron chi connectivity index (χ3n) is 2.92. The summed E-state index contributed by atoms with van der Waals surface area (Å²) in [6.45, 7) is 7.42. The molecule has 2 heterocycles. The van der Waals surface area contributed by atoms with E-state index in [0.717, 1.165) is 17.2 Å². The van der Waals surface area contributed by atoms with Gasteiger partial charge in [-0.25, -0.2) is 9.97 Å². The lowest BCUT2D eigenvalue weighted by Gasteiger charge is -2.11. The van der Waals surface area contributed by atoms with Crippen LogP contribution >= 0.6 is 23.1 Å². The van der Waals surface area contributed by atoms with Crippen LogP contribution in [0.2, 0.25) is 0 Å². The molecular formula is C12H17N3S2. The standard InChI is InChI=1S/C12H17N3S2/c1-7(16-4)5-13-11-10-8(2)9(3)17-12(10)15-6-14-11/h6-7H,5H2,1-4H3,(H,13,14,15). The third-order valence-corrected chi connectivity index (χ3v) is 5.01. The van der Waals surface area contributed by atoms with Crippen LogP contribution in [0.15, 0.2) is 6.33 Å². The summed E-state index contributed by atoms with van der Waals surface area (Å²) in [7, 11) is 0. The molecule has 0 amide bonds. The fraction of sp³-hybridized carbons (Fsp3) is 0.500. The molecule has 0 saturated heterocycles. The van der Waals surface area contributed by atoms with Crippen molar-refractivity contribution >= 4 is 39.1 Å². The van der Waals surface area contributed by atoms with Crippen LogP contribution < -0.4 is 5.32 Å². The number of nitrogens with zero attached hydrogens (tertiary/aromatic N) is 2. The maximum Gasteiger partial charge on any atom is 0.138 e. The van der Waals surface area contributed by atoms with E-state index in [1.54, 1.807) is 17.7 Å². The van der Waals surface area contributed by atoms with Crippen molar-refractivity contribution in [2.75, 3.05) is 18.1 Å². The van der Waals surface area contributed by atoms with Crippen LogP contribution in [0.5, 0.6) is 0 Å². The second-order valence-electron chi connectivity index (χ2n) is 4.11. The maximum atomic E-state index is 4.36. The predicted molar refractivity (Wildman–Crippen MR) is 78.4 cm³/mol. The Balaban J connectivity index is 2.33. The highest BCUT2D eigenvalue weighted by molar-refractivity contribution is 7.99. The van der Waals surface area contributed by atoms with Crippen molar-refractivity contribution in [2.24, 2.45) is 0 Å². The molecule has 1 N–H and O–H groups in total. The number of thiophene rings is 1. The van der Waals surface area contributed by atoms with E-state index in [1.807, 2.05) is 11.8 Å². The van der Waals surface area contributed by atoms with Gasteiger partial charge in [0, 0.05) is 16.7 Å². The number of hydrogen-bond acceptors (Lipinski definition) is 5. The minimum atomic E-state index is 0.583. The van der Waals surface area contributed by atoms with Crippen LogP contribution in [-0.2, 0) is 0 Å². The minimum absolute atomic E-state index is 0.583. The van der Waals surface area contributed by atoms with Crippen molar-refractivity contribution in [3.8, 4) is 0 Å². The van der Waals surface area contributed by atoms with Gasteiger partial charge in [-0.05, 0) is 25.7 Å². The zero-order valence-corrected chi connectivity index (χ0v) is 12.2. The van der Waals surface area contributed by atoms with E-state index in [-0.39, 0.29) is 0 Å². The van der Waals surface area contributed by atoms with Gasteiger partial charge in [0.1, 0.15) is 17.0 Å². The molecule has 3 nitrogen and oxygen atoms in total. The van der Waals surface area contributed by atoms with Crippen LogP contribution in [0, 0.1) is 13.8 Å². The quantitative estimate of drug-likeness (QED) is 0.920. The Bertz CT molecular complexity index is 522. The Hall–Kier alpha value is -0.810. The second kappa shape index (κ2) is 5.23. The monoisotopic (exact) mass is 267 g/mol. The Kier molecular flexibility index (Phi) is 3.89. The van der Waals surface area contributed by atoms with Crippen molar-refractivity contribution < 1.29 is 0 Å². The van der Waals surface area contributed by atoms with Crippen molar-refractivity contribution in [2.45, 2.75) is 26.0 Å². The smallest absolute Gasteiger partial charge is 0.138 e. The SMILES string of the molecule is CSC(C)CNc1ncnc2sc(C)c(C)c12. The Morgan fingerprint density at radius 3 is 2.88 bits per heavy atom. The van der Waals surface area contributed by atoms with Crippen molar-refractivity contribution in [1.82, 2.24) is 9.97 Å². The first-order valence-corrected chi connectivity index (χ1v) is 7.71. The first-order chi connectivity index (χ1) is 8.13. The van der Waals surface area contributed by atoms with E-state index in [1.165, 1.54) is 15.8 Å². The molecule has 0 fully saturated rings. The molecule has 2 aromatic heterocycles. The van der Waals surface area contributed by atoms with Crippen LogP contribution in [0.3, 0.4) is 0 Å². The normalized spacial score (nSPS) is 12.9. The molecule has 5 heteroatoms. The number of nitrogens with one attached hydrogen (secondary N) is 1. The van der Waals surface area contributed by atoms with Gasteiger partial charge in [-0.2, -0.15) is 11.8 Å². The molecule has 1 atom stereocenters. The Labute approximate surface area is 110 Å². The largest absolute Gasteiger partial charge is 0.368 e. The average Bonchev–Trinajstić information content (AvgIpc) is 2.63. The van der Waals surface area contributed by atoms with Crippen LogP contribution in [0.25, 0.3) is 10.2 Å². The number of rotatable bonds is 4. The number of aryl methyl sites for hydroxylation is 2. The highest BCUT2D eigenvalue weighted by Gasteiger charge is 2.11. The number of aromatic nitrogens is 2. The molecule has 0 aliphatic heterocycles. The van der Waals surface area contributed by atoms with E-state index in [0.29, 0.717) is 5.25 Å². The second-order valence-corrected chi connectivity index (χ2v) is 6.59. The first kappa shape index (κ1) is 12.6. The number of fused-ring (bicyclic) bond motifs is 1. The van der Waals surface area contributed by atoms with Crippen molar-refractivity contribution in [3.05, 3.63) is 16.8 Å². The molecule has 2 rings (SSSR count). The molecule has 0 radical (unpaired) electrons. The van der Waals surface area contributed by atoms with E-state index in [4.69, 9.17) is 0 Å². The number of anilines is 1. The van der Waals surface area contributed by atoms with Gasteiger partial charge in [-0.15, -0.1) is 11.3 Å². The van der Waals surface area contributed by atoms with Gasteiger partial charge in [-0.3, -0.25) is 0 Å². The lowest BCUT2D eigenvalue weighted by Crippen LogP contribution is -2.13. The Morgan fingerprint density at radius 2 is 2.18 bits per heavy atom. The molecule has 0 aromatic carbocycles. The summed E-state index contributed by atoms with van der Waals surface area (Å²) in [6.07, 6.45) is 3.77. The lowest BCUT2D eigenvalue weighted by molar-refractivity contribution is 0.992. The van der Waals surface area contributed by atoms with Crippen LogP contribution in [0.1, 0.15) is 17.4 Å². The van der Waals surface area contributed by atoms with Gasteiger partial charge in [0.2, 0.25) is 0 Å². The van der Waals surface area contributed by atoms with Crippen molar-refractivity contribution in [3.63, 3.8) is 0 Å². The van der Waals surface area contributed by atoms with Crippen molar-refractivity contribution in [1.29, 1.82) is 0 Å². The van der Waals surface area contributed by atoms with Crippen LogP contribution in [0.4, 0.5) is 5.82 Å². The van der Waals surface area contributed by atoms with Gasteiger partial charge in [0.25, 0.3) is 0 Å². The number of hydrogen-bond donors (Lipinski definition) is 1. The summed E-state index contributed by atoms with van der Waals surface area (Å²) in [5.74, 6) is 0.970. The maximum absolute atomic E-state index is 4.36. The van der Waals surface area contributed by atoms with Gasteiger partial charge in [-0.1, -0.05) is 6.92 Å². The van der Waals surface area contributed by atoms with Gasteiger partial charge in [0.05, 0.1) is 5.39 Å². The van der Waals surface area contributed by atoms with Gasteiger partial charge >= 0.3 is 0 Å². The highest BCUT2D eigenvalue weighted by Crippen LogP contribution is 2.32. The molecule has 0 spiro atoms. The Morgan fingerprint density at radius 1 is 1.41 bits per heavy atom. The topological polar surface area (TPSA) is 37.8 Å². The zero-order chi connectivity index (χ0) is 12.4. The average molecular weight is 267 g/mol. The third kappa shape index (κ3) is 2.55. The summed E-state index contributed by atoms with van der Waals surface area (Å²) in [5, 5.41) is 5.19. The molecule has 0 saturated carbocycles. The summed E-state index contributed by atoms with van der Waals surface area (Å²) >= 11 is 3.59. The molecular weight excluding hydrogens is 250 g/mol. The summed E-state index contributed by atoms with van der Waals surface area (Å²) in [5.41, 5.74) is 1.30. The van der Waals surface area contributed by atoms with E-state index >= 15 is 0 Å². The van der Waals surface area contributed by atoms with Gasteiger partial charge < -0.3 is 5.32 Å². The predicted octanol–water partition coefficient (Wildman–Crippen LogP) is 3.47. The fourth-order valence-corrected chi connectivity index (χ4v) is 2.89. The molecule has 0 bridgehead atoms. The summed E-state index contributed by atoms with van der Waals surface area (Å²) in [6, 6.07) is 0. The van der Waals surface area contributed by atoms with Gasteiger partial charge in [0.15, 0.2) is 0 Å². The molecule has 0 aliphatic carbocycles.